The number of hydrogen-bond acceptors (Lipinski definition) is 8. The fourth-order valence-electron chi connectivity index (χ4n) is 2.55. The largest absolute Gasteiger partial charge is 0.368 e. The molecule has 0 aliphatic carbocycles. The van der Waals surface area contributed by atoms with Crippen molar-refractivity contribution >= 4 is 52.0 Å². The predicted octanol–water partition coefficient (Wildman–Crippen LogP) is 2.98. The van der Waals surface area contributed by atoms with E-state index in [4.69, 9.17) is 5.73 Å². The van der Waals surface area contributed by atoms with Gasteiger partial charge in [0.05, 0.1) is 22.4 Å². The number of rotatable bonds is 5. The maximum absolute atomic E-state index is 12.8. The normalized spacial score (nSPS) is 17.0. The maximum Gasteiger partial charge on any atom is 0.253 e. The van der Waals surface area contributed by atoms with E-state index in [1.165, 1.54) is 11.8 Å². The fourth-order valence-corrected chi connectivity index (χ4v) is 4.74. The minimum Gasteiger partial charge on any atom is -0.368 e. The number of anilines is 1. The summed E-state index contributed by atoms with van der Waals surface area (Å²) in [7, 11) is 0. The molecule has 0 bridgehead atoms. The van der Waals surface area contributed by atoms with Gasteiger partial charge in [-0.1, -0.05) is 23.9 Å². The molecule has 1 aliphatic rings. The van der Waals surface area contributed by atoms with Crippen LogP contribution < -0.4 is 5.73 Å². The molecule has 25 heavy (non-hydrogen) atoms. The van der Waals surface area contributed by atoms with Crippen LogP contribution in [0.25, 0.3) is 0 Å². The van der Waals surface area contributed by atoms with Gasteiger partial charge in [-0.2, -0.15) is 10.1 Å². The molecule has 128 valence electrons. The summed E-state index contributed by atoms with van der Waals surface area (Å²) in [6, 6.07) is 8.02. The highest BCUT2D eigenvalue weighted by molar-refractivity contribution is 7.99. The Morgan fingerprint density at radius 3 is 2.88 bits per heavy atom. The van der Waals surface area contributed by atoms with E-state index in [0.717, 1.165) is 21.9 Å². The van der Waals surface area contributed by atoms with Crippen LogP contribution in [0.1, 0.15) is 22.2 Å². The molecule has 0 fully saturated rings. The lowest BCUT2D eigenvalue weighted by atomic mass is 10.1. The van der Waals surface area contributed by atoms with Crippen molar-refractivity contribution in [3.05, 3.63) is 44.8 Å². The topological polar surface area (TPSA) is 100 Å². The molecule has 3 aromatic heterocycles. The maximum atomic E-state index is 12.8. The van der Waals surface area contributed by atoms with Crippen LogP contribution >= 0.6 is 34.4 Å². The van der Waals surface area contributed by atoms with Crippen molar-refractivity contribution < 1.29 is 4.79 Å². The molecular weight excluding hydrogens is 376 g/mol. The molecule has 3 N–H and O–H groups in total. The third-order valence-corrected chi connectivity index (χ3v) is 6.37. The van der Waals surface area contributed by atoms with E-state index >= 15 is 0 Å². The molecule has 3 aromatic rings. The van der Waals surface area contributed by atoms with Gasteiger partial charge in [0.2, 0.25) is 11.1 Å². The average molecular weight is 391 g/mol. The molecule has 1 unspecified atom stereocenters. The Kier molecular flexibility index (Phi) is 4.55. The SMILES string of the molecule is Nc1nc(SCC(=O)N2N=C(c3cccs3)CC2c2cccs2)n[nH]1. The highest BCUT2D eigenvalue weighted by Gasteiger charge is 2.34. The Hall–Kier alpha value is -2.17. The van der Waals surface area contributed by atoms with Gasteiger partial charge in [-0.25, -0.2) is 10.1 Å². The van der Waals surface area contributed by atoms with Gasteiger partial charge in [0.1, 0.15) is 0 Å². The second kappa shape index (κ2) is 6.98. The van der Waals surface area contributed by atoms with Gasteiger partial charge in [-0.3, -0.25) is 4.79 Å². The molecule has 0 aromatic carbocycles. The quantitative estimate of drug-likeness (QED) is 0.652. The van der Waals surface area contributed by atoms with Crippen molar-refractivity contribution in [3.63, 3.8) is 0 Å². The number of aromatic nitrogens is 3. The summed E-state index contributed by atoms with van der Waals surface area (Å²) in [6.45, 7) is 0. The Morgan fingerprint density at radius 1 is 1.36 bits per heavy atom. The lowest BCUT2D eigenvalue weighted by molar-refractivity contribution is -0.130. The van der Waals surface area contributed by atoms with E-state index < -0.39 is 0 Å². The zero-order valence-corrected chi connectivity index (χ0v) is 15.4. The first kappa shape index (κ1) is 16.3. The van der Waals surface area contributed by atoms with Crippen molar-refractivity contribution in [3.8, 4) is 0 Å². The van der Waals surface area contributed by atoms with Gasteiger partial charge in [0, 0.05) is 11.3 Å². The van der Waals surface area contributed by atoms with Crippen molar-refractivity contribution in [1.29, 1.82) is 0 Å². The molecule has 1 amide bonds. The summed E-state index contributed by atoms with van der Waals surface area (Å²) in [5.41, 5.74) is 6.46. The number of H-pyrrole nitrogens is 1. The van der Waals surface area contributed by atoms with Gasteiger partial charge >= 0.3 is 0 Å². The monoisotopic (exact) mass is 390 g/mol. The number of hydrazone groups is 1. The summed E-state index contributed by atoms with van der Waals surface area (Å²) in [5, 5.41) is 17.2. The zero-order chi connectivity index (χ0) is 17.2. The van der Waals surface area contributed by atoms with Crippen LogP contribution in [0, 0.1) is 0 Å². The Labute approximate surface area is 156 Å². The van der Waals surface area contributed by atoms with Gasteiger partial charge in [0.15, 0.2) is 0 Å². The first-order valence-corrected chi connectivity index (χ1v) is 10.2. The third kappa shape index (κ3) is 3.46. The number of nitrogens with one attached hydrogen (secondary N) is 1. The van der Waals surface area contributed by atoms with Gasteiger partial charge < -0.3 is 5.73 Å². The Balaban J connectivity index is 1.53. The number of hydrogen-bond donors (Lipinski definition) is 2. The summed E-state index contributed by atoms with van der Waals surface area (Å²) in [5.74, 6) is 0.379. The number of nitrogens with two attached hydrogens (primary N) is 1. The van der Waals surface area contributed by atoms with E-state index in [9.17, 15) is 4.79 Å². The number of carbonyl (C=O) groups is 1. The van der Waals surface area contributed by atoms with Gasteiger partial charge in [-0.15, -0.1) is 27.8 Å². The molecule has 4 rings (SSSR count). The zero-order valence-electron chi connectivity index (χ0n) is 13.0. The number of carbonyl (C=O) groups excluding carboxylic acids is 1. The number of thiophene rings is 2. The van der Waals surface area contributed by atoms with Crippen molar-refractivity contribution in [2.75, 3.05) is 11.5 Å². The number of aromatic amines is 1. The molecule has 0 saturated heterocycles. The molecule has 10 heteroatoms. The van der Waals surface area contributed by atoms with E-state index in [1.54, 1.807) is 27.7 Å². The summed E-state index contributed by atoms with van der Waals surface area (Å²) >= 11 is 4.53. The Bertz CT molecular complexity index is 886. The van der Waals surface area contributed by atoms with Crippen LogP contribution in [-0.2, 0) is 4.79 Å². The van der Waals surface area contributed by atoms with E-state index in [-0.39, 0.29) is 23.7 Å². The van der Waals surface area contributed by atoms with Crippen LogP contribution in [0.2, 0.25) is 0 Å². The fraction of sp³-hybridized carbons (Fsp3) is 0.200. The molecule has 4 heterocycles. The van der Waals surface area contributed by atoms with E-state index in [2.05, 4.69) is 20.3 Å². The van der Waals surface area contributed by atoms with Crippen molar-refractivity contribution in [2.45, 2.75) is 17.6 Å². The average Bonchev–Trinajstić information content (AvgIpc) is 3.38. The van der Waals surface area contributed by atoms with Crippen LogP contribution in [0.3, 0.4) is 0 Å². The number of amides is 1. The molecule has 1 atom stereocenters. The highest BCUT2D eigenvalue weighted by Crippen LogP contribution is 2.36. The molecule has 0 saturated carbocycles. The number of nitrogens with zero attached hydrogens (tertiary/aromatic N) is 4. The minimum absolute atomic E-state index is 0.0533. The molecule has 1 aliphatic heterocycles. The molecule has 0 spiro atoms. The van der Waals surface area contributed by atoms with Crippen molar-refractivity contribution in [1.82, 2.24) is 20.2 Å². The first-order valence-electron chi connectivity index (χ1n) is 7.48. The third-order valence-electron chi connectivity index (χ3n) is 3.65. The second-order valence-corrected chi connectivity index (χ2v) is 8.16. The summed E-state index contributed by atoms with van der Waals surface area (Å²) < 4.78 is 0. The molecule has 0 radical (unpaired) electrons. The van der Waals surface area contributed by atoms with Gasteiger partial charge in [-0.05, 0) is 22.9 Å². The second-order valence-electron chi connectivity index (χ2n) is 5.29. The standard InChI is InChI=1S/C15H14N6OS3/c16-14-17-15(19-18-14)25-8-13(22)21-10(12-4-2-6-24-12)7-9(20-21)11-3-1-5-23-11/h1-6,10H,7-8H2,(H3,16,17,18,19). The smallest absolute Gasteiger partial charge is 0.253 e. The van der Waals surface area contributed by atoms with Crippen molar-refractivity contribution in [2.24, 2.45) is 5.10 Å². The van der Waals surface area contributed by atoms with Crippen LogP contribution in [0.15, 0.2) is 45.3 Å². The predicted molar refractivity (Wildman–Crippen MR) is 101 cm³/mol. The first-order chi connectivity index (χ1) is 12.2. The van der Waals surface area contributed by atoms with Crippen LogP contribution in [0.5, 0.6) is 0 Å². The molecular formula is C15H14N6OS3. The van der Waals surface area contributed by atoms with Crippen LogP contribution in [-0.4, -0.2) is 37.6 Å². The minimum atomic E-state index is -0.0710. The Morgan fingerprint density at radius 2 is 2.20 bits per heavy atom. The summed E-state index contributed by atoms with van der Waals surface area (Å²) in [6.07, 6.45) is 0.727. The van der Waals surface area contributed by atoms with Crippen LogP contribution in [0.4, 0.5) is 5.95 Å². The van der Waals surface area contributed by atoms with Gasteiger partial charge in [0.25, 0.3) is 5.91 Å². The number of thioether (sulfide) groups is 1. The lowest BCUT2D eigenvalue weighted by Gasteiger charge is -2.20. The highest BCUT2D eigenvalue weighted by atomic mass is 32.2. The molecule has 7 nitrogen and oxygen atoms in total. The van der Waals surface area contributed by atoms with E-state index in [0.29, 0.717) is 5.16 Å². The van der Waals surface area contributed by atoms with E-state index in [1.807, 2.05) is 35.0 Å². The number of nitrogen functional groups attached to an aromatic ring is 1. The lowest BCUT2D eigenvalue weighted by Crippen LogP contribution is -2.28. The summed E-state index contributed by atoms with van der Waals surface area (Å²) in [4.78, 5) is 19.0.